The van der Waals surface area contributed by atoms with Crippen molar-refractivity contribution in [3.8, 4) is 0 Å². The molecular formula is C11H13BrN2O2. The number of rotatable bonds is 1. The Morgan fingerprint density at radius 2 is 2.12 bits per heavy atom. The van der Waals surface area contributed by atoms with E-state index in [1.807, 2.05) is 0 Å². The van der Waals surface area contributed by atoms with Gasteiger partial charge in [-0.05, 0) is 40.9 Å². The maximum Gasteiger partial charge on any atom is 0.272 e. The lowest BCUT2D eigenvalue weighted by molar-refractivity contribution is 0.0541. The molecule has 5 heteroatoms. The van der Waals surface area contributed by atoms with Crippen molar-refractivity contribution >= 4 is 21.8 Å². The van der Waals surface area contributed by atoms with Gasteiger partial charge in [0.25, 0.3) is 5.91 Å². The fourth-order valence-electron chi connectivity index (χ4n) is 1.73. The summed E-state index contributed by atoms with van der Waals surface area (Å²) in [6.07, 6.45) is 2.67. The van der Waals surface area contributed by atoms with E-state index in [9.17, 15) is 9.90 Å². The monoisotopic (exact) mass is 284 g/mol. The van der Waals surface area contributed by atoms with Gasteiger partial charge in [-0.25, -0.2) is 4.98 Å². The number of carbonyl (C=O) groups is 1. The summed E-state index contributed by atoms with van der Waals surface area (Å²) >= 11 is 3.28. The van der Waals surface area contributed by atoms with Crippen LogP contribution in [0.4, 0.5) is 0 Å². The number of halogens is 1. The molecule has 1 aliphatic heterocycles. The maximum atomic E-state index is 12.0. The van der Waals surface area contributed by atoms with E-state index in [1.54, 1.807) is 23.2 Å². The van der Waals surface area contributed by atoms with E-state index in [1.165, 1.54) is 0 Å². The van der Waals surface area contributed by atoms with Crippen LogP contribution in [0.25, 0.3) is 0 Å². The number of hydrogen-bond donors (Lipinski definition) is 1. The highest BCUT2D eigenvalue weighted by atomic mass is 79.9. The molecule has 2 heterocycles. The van der Waals surface area contributed by atoms with Gasteiger partial charge in [0.05, 0.1) is 6.10 Å². The summed E-state index contributed by atoms with van der Waals surface area (Å²) in [5.41, 5.74) is 0.458. The van der Waals surface area contributed by atoms with Gasteiger partial charge in [-0.2, -0.15) is 0 Å². The molecule has 1 aliphatic rings. The van der Waals surface area contributed by atoms with Crippen LogP contribution in [0.5, 0.6) is 0 Å². The Balaban J connectivity index is 2.05. The molecule has 0 radical (unpaired) electrons. The zero-order valence-electron chi connectivity index (χ0n) is 8.77. The van der Waals surface area contributed by atoms with Crippen LogP contribution in [-0.2, 0) is 0 Å². The molecule has 16 heavy (non-hydrogen) atoms. The average molecular weight is 285 g/mol. The molecule has 0 aromatic carbocycles. The largest absolute Gasteiger partial charge is 0.393 e. The highest BCUT2D eigenvalue weighted by Gasteiger charge is 2.22. The molecule has 0 bridgehead atoms. The first kappa shape index (κ1) is 11.5. The van der Waals surface area contributed by atoms with E-state index >= 15 is 0 Å². The maximum absolute atomic E-state index is 12.0. The minimum Gasteiger partial charge on any atom is -0.393 e. The molecule has 1 amide bonds. The number of hydrogen-bond acceptors (Lipinski definition) is 3. The Morgan fingerprint density at radius 1 is 1.44 bits per heavy atom. The fraction of sp³-hybridized carbons (Fsp3) is 0.455. The lowest BCUT2D eigenvalue weighted by Crippen LogP contribution is -2.40. The Morgan fingerprint density at radius 3 is 2.69 bits per heavy atom. The van der Waals surface area contributed by atoms with Crippen molar-refractivity contribution in [1.82, 2.24) is 9.88 Å². The first-order valence-corrected chi connectivity index (χ1v) is 6.05. The van der Waals surface area contributed by atoms with E-state index in [2.05, 4.69) is 20.9 Å². The topological polar surface area (TPSA) is 53.4 Å². The van der Waals surface area contributed by atoms with E-state index in [-0.39, 0.29) is 12.0 Å². The number of nitrogens with zero attached hydrogens (tertiary/aromatic N) is 2. The number of aromatic nitrogens is 1. The summed E-state index contributed by atoms with van der Waals surface area (Å²) in [6, 6.07) is 3.51. The minimum atomic E-state index is -0.262. The highest BCUT2D eigenvalue weighted by Crippen LogP contribution is 2.14. The van der Waals surface area contributed by atoms with Gasteiger partial charge in [0.15, 0.2) is 0 Å². The summed E-state index contributed by atoms with van der Waals surface area (Å²) in [7, 11) is 0. The van der Waals surface area contributed by atoms with Crippen LogP contribution in [0.3, 0.4) is 0 Å². The third-order valence-corrected chi connectivity index (χ3v) is 3.17. The molecule has 86 valence electrons. The number of aliphatic hydroxyl groups excluding tert-OH is 1. The Kier molecular flexibility index (Phi) is 3.56. The smallest absolute Gasteiger partial charge is 0.272 e. The van der Waals surface area contributed by atoms with Gasteiger partial charge in [0.2, 0.25) is 0 Å². The van der Waals surface area contributed by atoms with Crippen LogP contribution in [0.2, 0.25) is 0 Å². The quantitative estimate of drug-likeness (QED) is 0.849. The van der Waals surface area contributed by atoms with Crippen molar-refractivity contribution in [3.05, 3.63) is 28.5 Å². The summed E-state index contributed by atoms with van der Waals surface area (Å²) in [4.78, 5) is 17.8. The van der Waals surface area contributed by atoms with Crippen molar-refractivity contribution < 1.29 is 9.90 Å². The van der Waals surface area contributed by atoms with Gasteiger partial charge >= 0.3 is 0 Å². The van der Waals surface area contributed by atoms with Crippen LogP contribution in [0.15, 0.2) is 22.8 Å². The molecule has 1 N–H and O–H groups in total. The SMILES string of the molecule is O=C(c1ccc(Br)cn1)N1CCC(O)CC1. The van der Waals surface area contributed by atoms with Gasteiger partial charge in [0.1, 0.15) is 5.69 Å². The first-order valence-electron chi connectivity index (χ1n) is 5.26. The lowest BCUT2D eigenvalue weighted by Gasteiger charge is -2.29. The van der Waals surface area contributed by atoms with E-state index in [0.29, 0.717) is 31.6 Å². The van der Waals surface area contributed by atoms with Gasteiger partial charge in [-0.15, -0.1) is 0 Å². The van der Waals surface area contributed by atoms with Crippen molar-refractivity contribution in [2.75, 3.05) is 13.1 Å². The number of amides is 1. The third-order valence-electron chi connectivity index (χ3n) is 2.70. The molecule has 0 spiro atoms. The second kappa shape index (κ2) is 4.93. The van der Waals surface area contributed by atoms with Crippen LogP contribution < -0.4 is 0 Å². The molecule has 4 nitrogen and oxygen atoms in total. The summed E-state index contributed by atoms with van der Waals surface area (Å²) in [5, 5.41) is 9.36. The Labute approximate surface area is 102 Å². The van der Waals surface area contributed by atoms with Crippen LogP contribution in [0, 0.1) is 0 Å². The van der Waals surface area contributed by atoms with Crippen molar-refractivity contribution in [2.24, 2.45) is 0 Å². The normalized spacial score (nSPS) is 17.5. The fourth-order valence-corrected chi connectivity index (χ4v) is 1.97. The zero-order chi connectivity index (χ0) is 11.5. The molecule has 0 unspecified atom stereocenters. The van der Waals surface area contributed by atoms with E-state index < -0.39 is 0 Å². The standard InChI is InChI=1S/C11H13BrN2O2/c12-8-1-2-10(13-7-8)11(16)14-5-3-9(15)4-6-14/h1-2,7,9,15H,3-6H2. The molecule has 1 aromatic rings. The molecule has 1 fully saturated rings. The van der Waals surface area contributed by atoms with Gasteiger partial charge in [-0.1, -0.05) is 0 Å². The number of pyridine rings is 1. The van der Waals surface area contributed by atoms with Crippen molar-refractivity contribution in [3.63, 3.8) is 0 Å². The predicted octanol–water partition coefficient (Wildman–Crippen LogP) is 1.44. The predicted molar refractivity (Wildman–Crippen MR) is 63.1 cm³/mol. The molecule has 1 saturated heterocycles. The van der Waals surface area contributed by atoms with E-state index in [0.717, 1.165) is 4.47 Å². The molecular weight excluding hydrogens is 272 g/mol. The molecule has 1 aromatic heterocycles. The van der Waals surface area contributed by atoms with Crippen molar-refractivity contribution in [1.29, 1.82) is 0 Å². The lowest BCUT2D eigenvalue weighted by atomic mass is 10.1. The molecule has 0 atom stereocenters. The van der Waals surface area contributed by atoms with Gasteiger partial charge in [-0.3, -0.25) is 4.79 Å². The van der Waals surface area contributed by atoms with Gasteiger partial charge < -0.3 is 10.0 Å². The first-order chi connectivity index (χ1) is 7.66. The minimum absolute atomic E-state index is 0.0561. The average Bonchev–Trinajstić information content (AvgIpc) is 2.30. The Hall–Kier alpha value is -0.940. The summed E-state index contributed by atoms with van der Waals surface area (Å²) < 4.78 is 0.859. The molecule has 0 saturated carbocycles. The van der Waals surface area contributed by atoms with Crippen LogP contribution in [0.1, 0.15) is 23.3 Å². The number of aliphatic hydroxyl groups is 1. The number of likely N-dealkylation sites (tertiary alicyclic amines) is 1. The second-order valence-corrected chi connectivity index (χ2v) is 4.80. The molecule has 0 aliphatic carbocycles. The number of piperidine rings is 1. The summed E-state index contributed by atoms with van der Waals surface area (Å²) in [6.45, 7) is 1.22. The van der Waals surface area contributed by atoms with Crippen LogP contribution in [-0.4, -0.2) is 40.1 Å². The van der Waals surface area contributed by atoms with Gasteiger partial charge in [0, 0.05) is 23.8 Å². The van der Waals surface area contributed by atoms with Crippen molar-refractivity contribution in [2.45, 2.75) is 18.9 Å². The molecule has 2 rings (SSSR count). The Bertz CT molecular complexity index is 372. The highest BCUT2D eigenvalue weighted by molar-refractivity contribution is 9.10. The number of carbonyl (C=O) groups excluding carboxylic acids is 1. The van der Waals surface area contributed by atoms with Crippen LogP contribution >= 0.6 is 15.9 Å². The third kappa shape index (κ3) is 2.59. The summed E-state index contributed by atoms with van der Waals surface area (Å²) in [5.74, 6) is -0.0561. The second-order valence-electron chi connectivity index (χ2n) is 3.89. The van der Waals surface area contributed by atoms with E-state index in [4.69, 9.17) is 0 Å². The zero-order valence-corrected chi connectivity index (χ0v) is 10.4.